The Labute approximate surface area is 170 Å². The second-order valence-corrected chi connectivity index (χ2v) is 14.1. The standard InChI is InChI=1S/C21H33Cl2NOSi/c1-4-26(5-2,6-3)25-19(20-17(22)14-24-15-18(20)23)9-7-8-16-12-21(13-16)10-11-21/h14-16,19H,4-13H2,1-3H3. The fourth-order valence-electron chi connectivity index (χ4n) is 4.84. The highest BCUT2D eigenvalue weighted by molar-refractivity contribution is 6.73. The molecule has 3 rings (SSSR count). The maximum Gasteiger partial charge on any atom is 0.192 e. The van der Waals surface area contributed by atoms with Crippen LogP contribution in [-0.4, -0.2) is 13.3 Å². The SMILES string of the molecule is CC[Si](CC)(CC)OC(CCCC1CC2(CC2)C1)c1c(Cl)cncc1Cl. The minimum absolute atomic E-state index is 0.0134. The Balaban J connectivity index is 1.68. The molecule has 1 spiro atoms. The van der Waals surface area contributed by atoms with E-state index in [2.05, 4.69) is 25.8 Å². The summed E-state index contributed by atoms with van der Waals surface area (Å²) in [5, 5.41) is 1.29. The van der Waals surface area contributed by atoms with Crippen molar-refractivity contribution in [3.63, 3.8) is 0 Å². The Kier molecular flexibility index (Phi) is 6.75. The van der Waals surface area contributed by atoms with Gasteiger partial charge in [0.2, 0.25) is 0 Å². The topological polar surface area (TPSA) is 22.1 Å². The van der Waals surface area contributed by atoms with Crippen molar-refractivity contribution in [3.8, 4) is 0 Å². The predicted molar refractivity (Wildman–Crippen MR) is 114 cm³/mol. The molecule has 0 aromatic carbocycles. The Bertz CT molecular complexity index is 580. The molecule has 26 heavy (non-hydrogen) atoms. The quantitative estimate of drug-likeness (QED) is 0.364. The average Bonchev–Trinajstić information content (AvgIpc) is 3.39. The lowest BCUT2D eigenvalue weighted by Crippen LogP contribution is -2.37. The lowest BCUT2D eigenvalue weighted by Gasteiger charge is -2.37. The van der Waals surface area contributed by atoms with Gasteiger partial charge >= 0.3 is 0 Å². The van der Waals surface area contributed by atoms with Crippen molar-refractivity contribution in [2.75, 3.05) is 0 Å². The third-order valence-corrected chi connectivity index (χ3v) is 12.3. The minimum atomic E-state index is -1.73. The normalized spacial score (nSPS) is 20.2. The molecule has 1 aromatic heterocycles. The molecule has 1 heterocycles. The van der Waals surface area contributed by atoms with Gasteiger partial charge in [0.05, 0.1) is 16.1 Å². The van der Waals surface area contributed by atoms with Crippen LogP contribution in [0.3, 0.4) is 0 Å². The summed E-state index contributed by atoms with van der Waals surface area (Å²) in [7, 11) is -1.73. The molecular formula is C21H33Cl2NOSi. The first-order chi connectivity index (χ1) is 12.5. The molecule has 146 valence electrons. The second-order valence-electron chi connectivity index (χ2n) is 8.57. The molecule has 1 atom stereocenters. The molecule has 0 saturated heterocycles. The average molecular weight is 414 g/mol. The van der Waals surface area contributed by atoms with E-state index in [1.54, 1.807) is 12.4 Å². The van der Waals surface area contributed by atoms with E-state index < -0.39 is 8.32 Å². The van der Waals surface area contributed by atoms with Gasteiger partial charge in [0.25, 0.3) is 0 Å². The number of halogens is 2. The maximum absolute atomic E-state index is 6.86. The summed E-state index contributed by atoms with van der Waals surface area (Å²) in [5.41, 5.74) is 1.76. The summed E-state index contributed by atoms with van der Waals surface area (Å²) in [5.74, 6) is 0.937. The number of hydrogen-bond donors (Lipinski definition) is 0. The van der Waals surface area contributed by atoms with Gasteiger partial charge in [-0.15, -0.1) is 0 Å². The van der Waals surface area contributed by atoms with Gasteiger partial charge in [-0.2, -0.15) is 0 Å². The molecule has 0 aliphatic heterocycles. The maximum atomic E-state index is 6.86. The number of aromatic nitrogens is 1. The molecule has 2 aliphatic rings. The summed E-state index contributed by atoms with van der Waals surface area (Å²) in [6.45, 7) is 6.82. The van der Waals surface area contributed by atoms with Crippen LogP contribution in [0.4, 0.5) is 0 Å². The van der Waals surface area contributed by atoms with E-state index in [-0.39, 0.29) is 6.10 Å². The first kappa shape index (κ1) is 20.6. The van der Waals surface area contributed by atoms with Crippen LogP contribution in [0.25, 0.3) is 0 Å². The fourth-order valence-corrected chi connectivity index (χ4v) is 8.29. The third kappa shape index (κ3) is 4.48. The third-order valence-electron chi connectivity index (χ3n) is 7.02. The van der Waals surface area contributed by atoms with E-state index >= 15 is 0 Å². The van der Waals surface area contributed by atoms with Gasteiger partial charge in [-0.25, -0.2) is 0 Å². The Morgan fingerprint density at radius 1 is 1.12 bits per heavy atom. The highest BCUT2D eigenvalue weighted by atomic mass is 35.5. The number of rotatable bonds is 10. The van der Waals surface area contributed by atoms with E-state index in [1.165, 1.54) is 38.5 Å². The van der Waals surface area contributed by atoms with Crippen LogP contribution in [-0.2, 0) is 4.43 Å². The monoisotopic (exact) mass is 413 g/mol. The largest absolute Gasteiger partial charge is 0.410 e. The van der Waals surface area contributed by atoms with Crippen molar-refractivity contribution in [1.82, 2.24) is 4.98 Å². The molecule has 5 heteroatoms. The predicted octanol–water partition coefficient (Wildman–Crippen LogP) is 7.81. The molecular weight excluding hydrogens is 381 g/mol. The van der Waals surface area contributed by atoms with E-state index in [4.69, 9.17) is 27.6 Å². The van der Waals surface area contributed by atoms with Crippen LogP contribution < -0.4 is 0 Å². The van der Waals surface area contributed by atoms with Gasteiger partial charge in [-0.1, -0.05) is 56.8 Å². The highest BCUT2D eigenvalue weighted by Crippen LogP contribution is 2.64. The van der Waals surface area contributed by atoms with E-state index in [0.29, 0.717) is 10.0 Å². The van der Waals surface area contributed by atoms with Crippen LogP contribution in [0.5, 0.6) is 0 Å². The van der Waals surface area contributed by atoms with E-state index in [0.717, 1.165) is 41.4 Å². The van der Waals surface area contributed by atoms with Gasteiger partial charge in [-0.3, -0.25) is 4.98 Å². The van der Waals surface area contributed by atoms with Gasteiger partial charge in [0, 0.05) is 18.0 Å². The summed E-state index contributed by atoms with van der Waals surface area (Å²) in [4.78, 5) is 4.13. The van der Waals surface area contributed by atoms with Crippen molar-refractivity contribution in [2.24, 2.45) is 11.3 Å². The van der Waals surface area contributed by atoms with Crippen molar-refractivity contribution in [1.29, 1.82) is 0 Å². The molecule has 0 bridgehead atoms. The van der Waals surface area contributed by atoms with E-state index in [1.807, 2.05) is 0 Å². The zero-order chi connectivity index (χ0) is 18.8. The molecule has 2 nitrogen and oxygen atoms in total. The van der Waals surface area contributed by atoms with Gasteiger partial charge < -0.3 is 4.43 Å². The zero-order valence-corrected chi connectivity index (χ0v) is 19.0. The van der Waals surface area contributed by atoms with Crippen molar-refractivity contribution < 1.29 is 4.43 Å². The number of nitrogens with zero attached hydrogens (tertiary/aromatic N) is 1. The van der Waals surface area contributed by atoms with Crippen LogP contribution in [0.15, 0.2) is 12.4 Å². The zero-order valence-electron chi connectivity index (χ0n) is 16.5. The summed E-state index contributed by atoms with van der Waals surface area (Å²) in [6.07, 6.45) is 12.8. The van der Waals surface area contributed by atoms with Crippen LogP contribution in [0.2, 0.25) is 28.2 Å². The van der Waals surface area contributed by atoms with Gasteiger partial charge in [-0.05, 0) is 61.6 Å². The smallest absolute Gasteiger partial charge is 0.192 e. The lowest BCUT2D eigenvalue weighted by atomic mass is 9.70. The van der Waals surface area contributed by atoms with Crippen LogP contribution >= 0.6 is 23.2 Å². The molecule has 2 aliphatic carbocycles. The molecule has 1 unspecified atom stereocenters. The summed E-state index contributed by atoms with van der Waals surface area (Å²) < 4.78 is 6.86. The van der Waals surface area contributed by atoms with Crippen LogP contribution in [0, 0.1) is 11.3 Å². The summed E-state index contributed by atoms with van der Waals surface area (Å²) in [6, 6.07) is 3.42. The lowest BCUT2D eigenvalue weighted by molar-refractivity contribution is 0.136. The molecule has 0 N–H and O–H groups in total. The number of hydrogen-bond acceptors (Lipinski definition) is 2. The molecule has 0 radical (unpaired) electrons. The first-order valence-corrected chi connectivity index (χ1v) is 13.7. The van der Waals surface area contributed by atoms with Crippen molar-refractivity contribution >= 4 is 31.5 Å². The van der Waals surface area contributed by atoms with Gasteiger partial charge in [0.15, 0.2) is 8.32 Å². The molecule has 2 saturated carbocycles. The molecule has 0 amide bonds. The highest BCUT2D eigenvalue weighted by Gasteiger charge is 2.52. The van der Waals surface area contributed by atoms with Crippen molar-refractivity contribution in [3.05, 3.63) is 28.0 Å². The summed E-state index contributed by atoms with van der Waals surface area (Å²) >= 11 is 13.0. The number of pyridine rings is 1. The van der Waals surface area contributed by atoms with Crippen LogP contribution in [0.1, 0.15) is 77.4 Å². The fraction of sp³-hybridized carbons (Fsp3) is 0.762. The van der Waals surface area contributed by atoms with E-state index in [9.17, 15) is 0 Å². The first-order valence-electron chi connectivity index (χ1n) is 10.4. The Morgan fingerprint density at radius 2 is 1.69 bits per heavy atom. The molecule has 2 fully saturated rings. The molecule has 1 aromatic rings. The minimum Gasteiger partial charge on any atom is -0.410 e. The Morgan fingerprint density at radius 3 is 2.19 bits per heavy atom. The second kappa shape index (κ2) is 8.51. The van der Waals surface area contributed by atoms with Crippen molar-refractivity contribution in [2.45, 2.75) is 90.0 Å². The van der Waals surface area contributed by atoms with Gasteiger partial charge in [0.1, 0.15) is 0 Å². The Hall–Kier alpha value is -0.0931.